The summed E-state index contributed by atoms with van der Waals surface area (Å²) in [5, 5.41) is 11.7. The summed E-state index contributed by atoms with van der Waals surface area (Å²) in [6, 6.07) is 16.3. The molecule has 0 spiro atoms. The van der Waals surface area contributed by atoms with Gasteiger partial charge >= 0.3 is 0 Å². The molecule has 0 unspecified atom stereocenters. The van der Waals surface area contributed by atoms with Crippen molar-refractivity contribution in [2.24, 2.45) is 10.2 Å². The summed E-state index contributed by atoms with van der Waals surface area (Å²) < 4.78 is 5.13. The van der Waals surface area contributed by atoms with Crippen molar-refractivity contribution in [2.45, 2.75) is 20.8 Å². The zero-order valence-corrected chi connectivity index (χ0v) is 17.0. The molecule has 0 heterocycles. The van der Waals surface area contributed by atoms with E-state index in [0.29, 0.717) is 17.0 Å². The third-order valence-electron chi connectivity index (χ3n) is 4.60. The highest BCUT2D eigenvalue weighted by Gasteiger charge is 2.11. The van der Waals surface area contributed by atoms with E-state index in [0.717, 1.165) is 33.8 Å². The topological polar surface area (TPSA) is 89.1 Å². The van der Waals surface area contributed by atoms with Crippen molar-refractivity contribution in [3.05, 3.63) is 76.9 Å². The predicted molar refractivity (Wildman–Crippen MR) is 117 cm³/mol. The molecule has 0 saturated heterocycles. The van der Waals surface area contributed by atoms with Gasteiger partial charge in [0.2, 0.25) is 0 Å². The van der Waals surface area contributed by atoms with Crippen LogP contribution in [0.2, 0.25) is 0 Å². The van der Waals surface area contributed by atoms with Gasteiger partial charge in [-0.1, -0.05) is 0 Å². The summed E-state index contributed by atoms with van der Waals surface area (Å²) in [5.74, 6) is 0.533. The molecule has 3 rings (SSSR count). The lowest BCUT2D eigenvalue weighted by Gasteiger charge is -2.13. The zero-order valence-electron chi connectivity index (χ0n) is 17.0. The number of amides is 1. The fourth-order valence-corrected chi connectivity index (χ4v) is 3.03. The van der Waals surface area contributed by atoms with Gasteiger partial charge in [-0.15, -0.1) is 0 Å². The Morgan fingerprint density at radius 1 is 0.897 bits per heavy atom. The summed E-state index contributed by atoms with van der Waals surface area (Å²) in [6.07, 6.45) is 0. The first-order valence-electron chi connectivity index (χ1n) is 9.22. The number of anilines is 2. The van der Waals surface area contributed by atoms with Crippen molar-refractivity contribution in [1.82, 2.24) is 0 Å². The van der Waals surface area contributed by atoms with E-state index in [1.165, 1.54) is 0 Å². The number of benzene rings is 3. The Balaban J connectivity index is 1.79. The van der Waals surface area contributed by atoms with E-state index >= 15 is 0 Å². The molecule has 3 N–H and O–H groups in total. The fraction of sp³-hybridized carbons (Fsp3) is 0.174. The smallest absolute Gasteiger partial charge is 0.255 e. The minimum atomic E-state index is -0.175. The summed E-state index contributed by atoms with van der Waals surface area (Å²) >= 11 is 0. The van der Waals surface area contributed by atoms with E-state index in [1.807, 2.05) is 45.0 Å². The van der Waals surface area contributed by atoms with Gasteiger partial charge in [-0.25, -0.2) is 0 Å². The summed E-state index contributed by atoms with van der Waals surface area (Å²) in [4.78, 5) is 12.6. The number of carbonyl (C=O) groups is 1. The third kappa shape index (κ3) is 4.79. The first-order valence-corrected chi connectivity index (χ1v) is 9.22. The second-order valence-electron chi connectivity index (χ2n) is 6.88. The Morgan fingerprint density at radius 3 is 2.14 bits per heavy atom. The molecular weight excluding hydrogens is 364 g/mol. The Hall–Kier alpha value is -3.67. The third-order valence-corrected chi connectivity index (χ3v) is 4.60. The van der Waals surface area contributed by atoms with E-state index in [1.54, 1.807) is 37.4 Å². The van der Waals surface area contributed by atoms with Gasteiger partial charge in [0.1, 0.15) is 5.75 Å². The highest BCUT2D eigenvalue weighted by Crippen LogP contribution is 2.29. The van der Waals surface area contributed by atoms with Crippen molar-refractivity contribution < 1.29 is 9.53 Å². The Kier molecular flexibility index (Phi) is 5.93. The van der Waals surface area contributed by atoms with Crippen LogP contribution >= 0.6 is 0 Å². The van der Waals surface area contributed by atoms with Gasteiger partial charge in [0.05, 0.1) is 18.5 Å². The lowest BCUT2D eigenvalue weighted by molar-refractivity contribution is 0.102. The van der Waals surface area contributed by atoms with Crippen LogP contribution in [0.15, 0.2) is 64.8 Å². The SMILES string of the molecule is COc1ccc(C(=O)Nc2c(C)cc(N=Nc3ccc(N)cc3C)cc2C)cc1. The highest BCUT2D eigenvalue weighted by molar-refractivity contribution is 6.05. The standard InChI is InChI=1S/C23H24N4O2/c1-14-11-18(24)7-10-21(14)27-26-19-12-15(2)22(16(3)13-19)25-23(28)17-5-8-20(29-4)9-6-17/h5-13H,24H2,1-4H3,(H,25,28). The fourth-order valence-electron chi connectivity index (χ4n) is 3.03. The number of hydrogen-bond acceptors (Lipinski definition) is 5. The van der Waals surface area contributed by atoms with Gasteiger partial charge < -0.3 is 15.8 Å². The predicted octanol–water partition coefficient (Wildman–Crippen LogP) is 5.87. The molecule has 1 amide bonds. The minimum Gasteiger partial charge on any atom is -0.497 e. The number of nitrogens with one attached hydrogen (secondary N) is 1. The molecule has 3 aromatic carbocycles. The van der Waals surface area contributed by atoms with Crippen LogP contribution in [0.4, 0.5) is 22.7 Å². The number of ether oxygens (including phenoxy) is 1. The van der Waals surface area contributed by atoms with E-state index in [-0.39, 0.29) is 5.91 Å². The van der Waals surface area contributed by atoms with E-state index in [4.69, 9.17) is 10.5 Å². The van der Waals surface area contributed by atoms with Gasteiger partial charge in [0, 0.05) is 16.9 Å². The number of nitrogens with two attached hydrogens (primary N) is 1. The highest BCUT2D eigenvalue weighted by atomic mass is 16.5. The average molecular weight is 388 g/mol. The number of nitrogen functional groups attached to an aromatic ring is 1. The second kappa shape index (κ2) is 8.56. The zero-order chi connectivity index (χ0) is 21.0. The minimum absolute atomic E-state index is 0.175. The number of hydrogen-bond donors (Lipinski definition) is 2. The Labute approximate surface area is 170 Å². The Bertz CT molecular complexity index is 1050. The maximum Gasteiger partial charge on any atom is 0.255 e. The lowest BCUT2D eigenvalue weighted by Crippen LogP contribution is -2.13. The number of nitrogens with zero attached hydrogens (tertiary/aromatic N) is 2. The molecule has 3 aromatic rings. The molecule has 0 atom stereocenters. The second-order valence-corrected chi connectivity index (χ2v) is 6.88. The molecule has 148 valence electrons. The van der Waals surface area contributed by atoms with Crippen LogP contribution in [-0.4, -0.2) is 13.0 Å². The van der Waals surface area contributed by atoms with Crippen LogP contribution in [0.1, 0.15) is 27.0 Å². The molecule has 6 heteroatoms. The van der Waals surface area contributed by atoms with Crippen LogP contribution < -0.4 is 15.8 Å². The molecule has 0 aromatic heterocycles. The molecule has 0 aliphatic carbocycles. The van der Waals surface area contributed by atoms with Crippen LogP contribution in [0, 0.1) is 20.8 Å². The quantitative estimate of drug-likeness (QED) is 0.423. The van der Waals surface area contributed by atoms with Gasteiger partial charge in [-0.3, -0.25) is 4.79 Å². The summed E-state index contributed by atoms with van der Waals surface area (Å²) in [6.45, 7) is 5.81. The van der Waals surface area contributed by atoms with Crippen molar-refractivity contribution in [3.8, 4) is 5.75 Å². The molecule has 0 aliphatic heterocycles. The van der Waals surface area contributed by atoms with E-state index < -0.39 is 0 Å². The Morgan fingerprint density at radius 2 is 1.55 bits per heavy atom. The summed E-state index contributed by atoms with van der Waals surface area (Å²) in [7, 11) is 1.59. The van der Waals surface area contributed by atoms with Crippen molar-refractivity contribution in [3.63, 3.8) is 0 Å². The van der Waals surface area contributed by atoms with Crippen LogP contribution in [0.3, 0.4) is 0 Å². The molecular formula is C23H24N4O2. The van der Waals surface area contributed by atoms with Gasteiger partial charge in [-0.05, 0) is 92.1 Å². The molecule has 0 fully saturated rings. The number of carbonyl (C=O) groups excluding carboxylic acids is 1. The molecule has 6 nitrogen and oxygen atoms in total. The van der Waals surface area contributed by atoms with E-state index in [2.05, 4.69) is 15.5 Å². The first kappa shape index (κ1) is 20.1. The molecule has 0 saturated carbocycles. The number of rotatable bonds is 5. The normalized spacial score (nSPS) is 10.9. The maximum atomic E-state index is 12.6. The van der Waals surface area contributed by atoms with Crippen molar-refractivity contribution in [1.29, 1.82) is 0 Å². The summed E-state index contributed by atoms with van der Waals surface area (Å²) in [5.41, 5.74) is 12.1. The number of azo groups is 1. The average Bonchev–Trinajstić information content (AvgIpc) is 2.70. The number of methoxy groups -OCH3 is 1. The molecule has 0 radical (unpaired) electrons. The lowest BCUT2D eigenvalue weighted by atomic mass is 10.1. The maximum absolute atomic E-state index is 12.6. The van der Waals surface area contributed by atoms with Crippen molar-refractivity contribution >= 4 is 28.7 Å². The van der Waals surface area contributed by atoms with Crippen LogP contribution in [0.25, 0.3) is 0 Å². The molecule has 29 heavy (non-hydrogen) atoms. The number of aryl methyl sites for hydroxylation is 3. The first-order chi connectivity index (χ1) is 13.9. The monoisotopic (exact) mass is 388 g/mol. The van der Waals surface area contributed by atoms with Crippen LogP contribution in [0.5, 0.6) is 5.75 Å². The van der Waals surface area contributed by atoms with Crippen molar-refractivity contribution in [2.75, 3.05) is 18.2 Å². The van der Waals surface area contributed by atoms with Crippen LogP contribution in [-0.2, 0) is 0 Å². The molecule has 0 aliphatic rings. The molecule has 0 bridgehead atoms. The van der Waals surface area contributed by atoms with E-state index in [9.17, 15) is 4.79 Å². The van der Waals surface area contributed by atoms with Gasteiger partial charge in [-0.2, -0.15) is 10.2 Å². The largest absolute Gasteiger partial charge is 0.497 e. The van der Waals surface area contributed by atoms with Gasteiger partial charge in [0.25, 0.3) is 5.91 Å². The van der Waals surface area contributed by atoms with Gasteiger partial charge in [0.15, 0.2) is 0 Å².